The van der Waals surface area contributed by atoms with E-state index in [9.17, 15) is 0 Å². The highest BCUT2D eigenvalue weighted by Gasteiger charge is 2.14. The summed E-state index contributed by atoms with van der Waals surface area (Å²) in [5.41, 5.74) is 0. The first-order valence-corrected chi connectivity index (χ1v) is 6.22. The summed E-state index contributed by atoms with van der Waals surface area (Å²) >= 11 is 0. The normalized spacial score (nSPS) is 23.6. The third-order valence-electron chi connectivity index (χ3n) is 3.48. The van der Waals surface area contributed by atoms with E-state index in [4.69, 9.17) is 0 Å². The smallest absolute Gasteiger partial charge is 0.0963 e. The van der Waals surface area contributed by atoms with Crippen molar-refractivity contribution in [2.75, 3.05) is 13.1 Å². The van der Waals surface area contributed by atoms with Crippen LogP contribution in [0.5, 0.6) is 0 Å². The zero-order chi connectivity index (χ0) is 9.64. The van der Waals surface area contributed by atoms with Crippen LogP contribution >= 0.6 is 0 Å². The second-order valence-electron chi connectivity index (χ2n) is 4.65. The number of nitrogens with one attached hydrogen (secondary N) is 1. The van der Waals surface area contributed by atoms with Gasteiger partial charge in [-0.15, -0.1) is 0 Å². The second kappa shape index (κ2) is 5.38. The fraction of sp³-hybridized carbons (Fsp3) is 0.917. The van der Waals surface area contributed by atoms with E-state index in [0.29, 0.717) is 0 Å². The quantitative estimate of drug-likeness (QED) is 0.734. The maximum Gasteiger partial charge on any atom is 0.0963 e. The van der Waals surface area contributed by atoms with Gasteiger partial charge in [-0.2, -0.15) is 0 Å². The first kappa shape index (κ1) is 10.0. The minimum atomic E-state index is 1.01. The van der Waals surface area contributed by atoms with Gasteiger partial charge >= 0.3 is 0 Å². The Morgan fingerprint density at radius 3 is 2.71 bits per heavy atom. The molecule has 0 spiro atoms. The lowest BCUT2D eigenvalue weighted by atomic mass is 10.0. The minimum absolute atomic E-state index is 1.01. The Balaban J connectivity index is 1.59. The molecule has 1 fully saturated rings. The van der Waals surface area contributed by atoms with E-state index in [1.165, 1.54) is 57.2 Å². The zero-order valence-electron chi connectivity index (χ0n) is 9.10. The van der Waals surface area contributed by atoms with Crippen molar-refractivity contribution in [3.63, 3.8) is 0 Å². The van der Waals surface area contributed by atoms with Gasteiger partial charge in [-0.1, -0.05) is 25.7 Å². The number of hydrogen-bond acceptors (Lipinski definition) is 2. The van der Waals surface area contributed by atoms with Crippen molar-refractivity contribution in [1.82, 2.24) is 5.32 Å². The van der Waals surface area contributed by atoms with Gasteiger partial charge in [0.1, 0.15) is 0 Å². The van der Waals surface area contributed by atoms with Gasteiger partial charge in [-0.05, 0) is 25.2 Å². The summed E-state index contributed by atoms with van der Waals surface area (Å²) in [4.78, 5) is 4.50. The van der Waals surface area contributed by atoms with Gasteiger partial charge in [-0.3, -0.25) is 4.99 Å². The Kier molecular flexibility index (Phi) is 3.84. The molecule has 1 heterocycles. The predicted molar refractivity (Wildman–Crippen MR) is 60.7 cm³/mol. The Hall–Kier alpha value is -0.530. The van der Waals surface area contributed by atoms with Crippen LogP contribution in [0.25, 0.3) is 0 Å². The summed E-state index contributed by atoms with van der Waals surface area (Å²) in [6.07, 6.45) is 11.0. The van der Waals surface area contributed by atoms with Crippen molar-refractivity contribution >= 4 is 5.84 Å². The molecule has 0 saturated heterocycles. The molecule has 14 heavy (non-hydrogen) atoms. The number of rotatable bonds is 3. The topological polar surface area (TPSA) is 24.4 Å². The van der Waals surface area contributed by atoms with Crippen LogP contribution in [0.15, 0.2) is 4.99 Å². The maximum absolute atomic E-state index is 4.50. The predicted octanol–water partition coefficient (Wildman–Crippen LogP) is 2.74. The third kappa shape index (κ3) is 3.00. The van der Waals surface area contributed by atoms with Crippen molar-refractivity contribution < 1.29 is 0 Å². The van der Waals surface area contributed by atoms with Crippen LogP contribution in [-0.2, 0) is 0 Å². The van der Waals surface area contributed by atoms with Crippen LogP contribution in [0.1, 0.15) is 51.4 Å². The summed E-state index contributed by atoms with van der Waals surface area (Å²) in [7, 11) is 0. The molecule has 0 amide bonds. The first-order valence-electron chi connectivity index (χ1n) is 6.22. The Morgan fingerprint density at radius 1 is 1.14 bits per heavy atom. The van der Waals surface area contributed by atoms with Crippen molar-refractivity contribution in [1.29, 1.82) is 0 Å². The largest absolute Gasteiger partial charge is 0.374 e. The van der Waals surface area contributed by atoms with Crippen molar-refractivity contribution in [2.45, 2.75) is 51.4 Å². The van der Waals surface area contributed by atoms with E-state index < -0.39 is 0 Å². The van der Waals surface area contributed by atoms with Gasteiger partial charge in [0.05, 0.1) is 5.84 Å². The molecule has 80 valence electrons. The van der Waals surface area contributed by atoms with Crippen LogP contribution < -0.4 is 5.32 Å². The molecular formula is C12H22N2. The molecule has 1 aliphatic heterocycles. The van der Waals surface area contributed by atoms with E-state index in [-0.39, 0.29) is 0 Å². The number of aliphatic imine (C=N–C) groups is 1. The number of hydrogen-bond donors (Lipinski definition) is 1. The molecule has 0 aromatic rings. The van der Waals surface area contributed by atoms with E-state index in [2.05, 4.69) is 10.3 Å². The summed E-state index contributed by atoms with van der Waals surface area (Å²) < 4.78 is 0. The van der Waals surface area contributed by atoms with Crippen LogP contribution in [-0.4, -0.2) is 18.9 Å². The Morgan fingerprint density at radius 2 is 2.00 bits per heavy atom. The van der Waals surface area contributed by atoms with Crippen LogP contribution in [0, 0.1) is 5.92 Å². The summed E-state index contributed by atoms with van der Waals surface area (Å²) in [6, 6.07) is 0. The first-order chi connectivity index (χ1) is 6.95. The molecular weight excluding hydrogens is 172 g/mol. The van der Waals surface area contributed by atoms with Crippen molar-refractivity contribution in [2.24, 2.45) is 10.9 Å². The minimum Gasteiger partial charge on any atom is -0.374 e. The molecule has 1 saturated carbocycles. The molecule has 2 nitrogen and oxygen atoms in total. The molecule has 0 aromatic carbocycles. The monoisotopic (exact) mass is 194 g/mol. The molecule has 2 rings (SSSR count). The average Bonchev–Trinajstić information content (AvgIpc) is 2.72. The Labute approximate surface area is 87.2 Å². The fourth-order valence-corrected chi connectivity index (χ4v) is 2.56. The molecule has 0 radical (unpaired) electrons. The highest BCUT2D eigenvalue weighted by atomic mass is 15.0. The number of nitrogens with zero attached hydrogens (tertiary/aromatic N) is 1. The lowest BCUT2D eigenvalue weighted by Gasteiger charge is -2.15. The summed E-state index contributed by atoms with van der Waals surface area (Å²) in [6.45, 7) is 2.20. The van der Waals surface area contributed by atoms with Gasteiger partial charge in [-0.25, -0.2) is 0 Å². The van der Waals surface area contributed by atoms with E-state index in [1.807, 2.05) is 0 Å². The average molecular weight is 194 g/mol. The maximum atomic E-state index is 4.50. The molecule has 2 aliphatic rings. The lowest BCUT2D eigenvalue weighted by Crippen LogP contribution is -2.27. The Bertz CT molecular complexity index is 192. The van der Waals surface area contributed by atoms with Crippen molar-refractivity contribution in [3.8, 4) is 0 Å². The van der Waals surface area contributed by atoms with E-state index in [1.54, 1.807) is 0 Å². The summed E-state index contributed by atoms with van der Waals surface area (Å²) in [5.74, 6) is 2.28. The van der Waals surface area contributed by atoms with Crippen LogP contribution in [0.4, 0.5) is 0 Å². The SMILES string of the molecule is C1CCC(NCCC2CCCC2)=NC1. The molecule has 2 heteroatoms. The highest BCUT2D eigenvalue weighted by Crippen LogP contribution is 2.26. The van der Waals surface area contributed by atoms with Gasteiger partial charge in [0.15, 0.2) is 0 Å². The molecule has 1 aliphatic carbocycles. The molecule has 0 bridgehead atoms. The van der Waals surface area contributed by atoms with Gasteiger partial charge < -0.3 is 5.32 Å². The van der Waals surface area contributed by atoms with Gasteiger partial charge in [0, 0.05) is 19.5 Å². The zero-order valence-corrected chi connectivity index (χ0v) is 9.10. The van der Waals surface area contributed by atoms with E-state index in [0.717, 1.165) is 19.0 Å². The summed E-state index contributed by atoms with van der Waals surface area (Å²) in [5, 5.41) is 3.50. The lowest BCUT2D eigenvalue weighted by molar-refractivity contribution is 0.498. The van der Waals surface area contributed by atoms with Crippen LogP contribution in [0.3, 0.4) is 0 Å². The molecule has 0 atom stereocenters. The highest BCUT2D eigenvalue weighted by molar-refractivity contribution is 5.82. The fourth-order valence-electron chi connectivity index (χ4n) is 2.56. The second-order valence-corrected chi connectivity index (χ2v) is 4.65. The third-order valence-corrected chi connectivity index (χ3v) is 3.48. The standard InChI is InChI=1S/C12H22N2/c1-2-6-11(5-1)8-10-14-12-7-3-4-9-13-12/h11H,1-10H2,(H,13,14). The van der Waals surface area contributed by atoms with E-state index >= 15 is 0 Å². The van der Waals surface area contributed by atoms with Gasteiger partial charge in [0.2, 0.25) is 0 Å². The van der Waals surface area contributed by atoms with Crippen molar-refractivity contribution in [3.05, 3.63) is 0 Å². The number of amidine groups is 1. The molecule has 0 aromatic heterocycles. The van der Waals surface area contributed by atoms with Crippen LogP contribution in [0.2, 0.25) is 0 Å². The molecule has 1 N–H and O–H groups in total. The van der Waals surface area contributed by atoms with Gasteiger partial charge in [0.25, 0.3) is 0 Å². The molecule has 0 unspecified atom stereocenters.